The average molecular weight is 427 g/mol. The van der Waals surface area contributed by atoms with Crippen LogP contribution in [0.5, 0.6) is 0 Å². The Kier molecular flexibility index (Phi) is 8.40. The van der Waals surface area contributed by atoms with E-state index < -0.39 is 36.6 Å². The molecular formula is C22H25N3O6. The molecule has 0 spiro atoms. The highest BCUT2D eigenvalue weighted by atomic mass is 16.7. The lowest BCUT2D eigenvalue weighted by molar-refractivity contribution is -0.267. The normalized spacial score (nSPS) is 25.4. The van der Waals surface area contributed by atoms with Crippen LogP contribution >= 0.6 is 0 Å². The molecule has 0 aromatic heterocycles. The van der Waals surface area contributed by atoms with E-state index in [0.29, 0.717) is 6.61 Å². The summed E-state index contributed by atoms with van der Waals surface area (Å²) in [6.45, 7) is 1.80. The van der Waals surface area contributed by atoms with Crippen molar-refractivity contribution in [2.24, 2.45) is 5.11 Å². The first-order valence-electron chi connectivity index (χ1n) is 9.90. The minimum atomic E-state index is -1.44. The number of aliphatic hydroxyl groups excluding tert-OH is 1. The summed E-state index contributed by atoms with van der Waals surface area (Å²) in [6.07, 6.45) is -4.10. The number of esters is 1. The van der Waals surface area contributed by atoms with Crippen LogP contribution in [-0.4, -0.2) is 48.3 Å². The largest absolute Gasteiger partial charge is 0.457 e. The smallest absolute Gasteiger partial charge is 0.303 e. The van der Waals surface area contributed by atoms with Gasteiger partial charge in [0.05, 0.1) is 19.8 Å². The van der Waals surface area contributed by atoms with Crippen molar-refractivity contribution >= 4 is 5.97 Å². The predicted molar refractivity (Wildman–Crippen MR) is 110 cm³/mol. The van der Waals surface area contributed by atoms with Crippen molar-refractivity contribution in [2.45, 2.75) is 50.8 Å². The minimum Gasteiger partial charge on any atom is -0.457 e. The number of aliphatic hydroxyl groups is 1. The maximum absolute atomic E-state index is 11.8. The van der Waals surface area contributed by atoms with E-state index >= 15 is 0 Å². The second-order valence-electron chi connectivity index (χ2n) is 7.10. The molecule has 31 heavy (non-hydrogen) atoms. The Labute approximate surface area is 180 Å². The van der Waals surface area contributed by atoms with Crippen molar-refractivity contribution in [1.82, 2.24) is 0 Å². The number of hydrogen-bond acceptors (Lipinski definition) is 7. The highest BCUT2D eigenvalue weighted by Gasteiger charge is 2.48. The van der Waals surface area contributed by atoms with Crippen LogP contribution in [-0.2, 0) is 37.0 Å². The first-order chi connectivity index (χ1) is 15.1. The van der Waals surface area contributed by atoms with Gasteiger partial charge in [-0.15, -0.1) is 0 Å². The van der Waals surface area contributed by atoms with Crippen LogP contribution in [0.4, 0.5) is 0 Å². The first kappa shape index (κ1) is 22.7. The highest BCUT2D eigenvalue weighted by Crippen LogP contribution is 2.29. The third-order valence-corrected chi connectivity index (χ3v) is 4.80. The van der Waals surface area contributed by atoms with Crippen LogP contribution in [0.3, 0.4) is 0 Å². The van der Waals surface area contributed by atoms with Gasteiger partial charge in [0, 0.05) is 11.8 Å². The zero-order valence-corrected chi connectivity index (χ0v) is 17.1. The average Bonchev–Trinajstić information content (AvgIpc) is 2.77. The predicted octanol–water partition coefficient (Wildman–Crippen LogP) is 3.12. The number of nitrogens with zero attached hydrogens (tertiary/aromatic N) is 3. The monoisotopic (exact) mass is 427 g/mol. The lowest BCUT2D eigenvalue weighted by Gasteiger charge is -2.42. The Bertz CT molecular complexity index is 875. The second-order valence-corrected chi connectivity index (χ2v) is 7.10. The van der Waals surface area contributed by atoms with Crippen LogP contribution in [0.15, 0.2) is 65.8 Å². The molecule has 1 aliphatic heterocycles. The molecule has 2 aromatic carbocycles. The van der Waals surface area contributed by atoms with E-state index in [-0.39, 0.29) is 13.2 Å². The Morgan fingerprint density at radius 2 is 1.68 bits per heavy atom. The van der Waals surface area contributed by atoms with Gasteiger partial charge in [-0.05, 0) is 16.7 Å². The maximum Gasteiger partial charge on any atom is 0.303 e. The summed E-state index contributed by atoms with van der Waals surface area (Å²) in [6, 6.07) is 17.8. The van der Waals surface area contributed by atoms with Crippen LogP contribution in [0.2, 0.25) is 0 Å². The molecule has 1 aliphatic rings. The molecule has 0 radical (unpaired) electrons. The molecule has 0 aliphatic carbocycles. The third kappa shape index (κ3) is 6.52. The van der Waals surface area contributed by atoms with Gasteiger partial charge in [-0.25, -0.2) is 0 Å². The molecular weight excluding hydrogens is 402 g/mol. The number of hydrogen-bond donors (Lipinski definition) is 1. The summed E-state index contributed by atoms with van der Waals surface area (Å²) in [5.74, 6) is -0.550. The summed E-state index contributed by atoms with van der Waals surface area (Å²) in [5.41, 5.74) is 10.8. The number of carbonyl (C=O) groups is 1. The molecule has 1 saturated heterocycles. The van der Waals surface area contributed by atoms with Crippen LogP contribution in [0, 0.1) is 0 Å². The standard InChI is InChI=1S/C22H25N3O6/c1-15(26)30-20-18(14-28-12-16-8-4-2-5-9-16)31-22(27)19(24-25-23)21(20)29-13-17-10-6-3-7-11-17/h2-11,18-22,27H,12-14H2,1H3. The Morgan fingerprint density at radius 1 is 1.06 bits per heavy atom. The number of rotatable bonds is 9. The third-order valence-electron chi connectivity index (χ3n) is 4.80. The number of carbonyl (C=O) groups excluding carboxylic acids is 1. The highest BCUT2D eigenvalue weighted by molar-refractivity contribution is 5.66. The summed E-state index contributed by atoms with van der Waals surface area (Å²) in [7, 11) is 0. The zero-order chi connectivity index (χ0) is 22.1. The zero-order valence-electron chi connectivity index (χ0n) is 17.1. The Morgan fingerprint density at radius 3 is 2.26 bits per heavy atom. The molecule has 5 atom stereocenters. The molecule has 3 rings (SSSR count). The quantitative estimate of drug-likeness (QED) is 0.284. The molecule has 0 amide bonds. The van der Waals surface area contributed by atoms with E-state index in [1.807, 2.05) is 60.7 Å². The van der Waals surface area contributed by atoms with Crippen molar-refractivity contribution < 1.29 is 28.8 Å². The van der Waals surface area contributed by atoms with Gasteiger partial charge in [-0.2, -0.15) is 0 Å². The van der Waals surface area contributed by atoms with Crippen LogP contribution < -0.4 is 0 Å². The van der Waals surface area contributed by atoms with Crippen LogP contribution in [0.25, 0.3) is 10.4 Å². The fourth-order valence-corrected chi connectivity index (χ4v) is 3.38. The number of benzene rings is 2. The van der Waals surface area contributed by atoms with Crippen molar-refractivity contribution in [3.63, 3.8) is 0 Å². The summed E-state index contributed by atoms with van der Waals surface area (Å²) in [4.78, 5) is 14.6. The summed E-state index contributed by atoms with van der Waals surface area (Å²) < 4.78 is 22.8. The molecule has 9 nitrogen and oxygen atoms in total. The molecule has 5 unspecified atom stereocenters. The van der Waals surface area contributed by atoms with Crippen molar-refractivity contribution in [3.05, 3.63) is 82.2 Å². The fourth-order valence-electron chi connectivity index (χ4n) is 3.38. The van der Waals surface area contributed by atoms with Crippen molar-refractivity contribution in [1.29, 1.82) is 0 Å². The van der Waals surface area contributed by atoms with E-state index in [1.54, 1.807) is 0 Å². The lowest BCUT2D eigenvalue weighted by atomic mass is 9.97. The molecule has 0 bridgehead atoms. The SMILES string of the molecule is CC(=O)OC1C(COCc2ccccc2)OC(O)C(N=[N+]=[N-])C1OCc1ccccc1. The topological polar surface area (TPSA) is 123 Å². The van der Waals surface area contributed by atoms with E-state index in [4.69, 9.17) is 24.5 Å². The van der Waals surface area contributed by atoms with Crippen molar-refractivity contribution in [2.75, 3.05) is 6.61 Å². The summed E-state index contributed by atoms with van der Waals surface area (Å²) >= 11 is 0. The molecule has 9 heteroatoms. The van der Waals surface area contributed by atoms with Gasteiger partial charge in [-0.1, -0.05) is 65.8 Å². The molecule has 1 heterocycles. The second kappa shape index (κ2) is 11.5. The van der Waals surface area contributed by atoms with Gasteiger partial charge < -0.3 is 24.1 Å². The van der Waals surface area contributed by atoms with Gasteiger partial charge in [0.1, 0.15) is 18.2 Å². The fraction of sp³-hybridized carbons (Fsp3) is 0.409. The Hall–Kier alpha value is -2.94. The van der Waals surface area contributed by atoms with Crippen LogP contribution in [0.1, 0.15) is 18.1 Å². The number of ether oxygens (including phenoxy) is 4. The minimum absolute atomic E-state index is 0.0398. The molecule has 164 valence electrons. The van der Waals surface area contributed by atoms with E-state index in [2.05, 4.69) is 10.0 Å². The molecule has 2 aromatic rings. The lowest BCUT2D eigenvalue weighted by Crippen LogP contribution is -2.60. The van der Waals surface area contributed by atoms with Crippen molar-refractivity contribution in [3.8, 4) is 0 Å². The van der Waals surface area contributed by atoms with Gasteiger partial charge in [-0.3, -0.25) is 4.79 Å². The van der Waals surface area contributed by atoms with Gasteiger partial charge >= 0.3 is 5.97 Å². The molecule has 1 N–H and O–H groups in total. The molecule has 1 fully saturated rings. The van der Waals surface area contributed by atoms with E-state index in [9.17, 15) is 9.90 Å². The first-order valence-corrected chi connectivity index (χ1v) is 9.90. The van der Waals surface area contributed by atoms with Gasteiger partial charge in [0.2, 0.25) is 0 Å². The van der Waals surface area contributed by atoms with E-state index in [0.717, 1.165) is 11.1 Å². The van der Waals surface area contributed by atoms with Gasteiger partial charge in [0.25, 0.3) is 0 Å². The van der Waals surface area contributed by atoms with Gasteiger partial charge in [0.15, 0.2) is 12.4 Å². The molecule has 0 saturated carbocycles. The van der Waals surface area contributed by atoms with E-state index in [1.165, 1.54) is 6.92 Å². The summed E-state index contributed by atoms with van der Waals surface area (Å²) in [5, 5.41) is 14.1. The maximum atomic E-state index is 11.8. The Balaban J connectivity index is 1.75. The number of azide groups is 1.